The molecule has 2 aromatic rings. The molecule has 1 aliphatic heterocycles. The Morgan fingerprint density at radius 1 is 1.30 bits per heavy atom. The topological polar surface area (TPSA) is 57.5 Å². The lowest BCUT2D eigenvalue weighted by Gasteiger charge is -2.27. The van der Waals surface area contributed by atoms with Gasteiger partial charge in [0.05, 0.1) is 11.1 Å². The van der Waals surface area contributed by atoms with Crippen molar-refractivity contribution in [1.82, 2.24) is 14.8 Å². The van der Waals surface area contributed by atoms with Crippen molar-refractivity contribution in [3.05, 3.63) is 34.5 Å². The first-order chi connectivity index (χ1) is 11.0. The number of aryl methyl sites for hydroxylation is 3. The fourth-order valence-corrected chi connectivity index (χ4v) is 3.74. The van der Waals surface area contributed by atoms with Gasteiger partial charge in [-0.15, -0.1) is 0 Å². The summed E-state index contributed by atoms with van der Waals surface area (Å²) in [5, 5.41) is 14.0. The van der Waals surface area contributed by atoms with Gasteiger partial charge in [-0.05, 0) is 43.0 Å². The van der Waals surface area contributed by atoms with Crippen molar-refractivity contribution in [1.29, 1.82) is 0 Å². The zero-order valence-corrected chi connectivity index (χ0v) is 14.1. The van der Waals surface area contributed by atoms with Gasteiger partial charge in [0.1, 0.15) is 0 Å². The number of benzene rings is 1. The molecule has 1 fully saturated rings. The minimum Gasteiger partial charge on any atom is -0.478 e. The summed E-state index contributed by atoms with van der Waals surface area (Å²) in [5.74, 6) is -0.843. The van der Waals surface area contributed by atoms with E-state index in [1.807, 2.05) is 20.9 Å². The normalized spacial score (nSPS) is 16.1. The van der Waals surface area contributed by atoms with Gasteiger partial charge in [0.2, 0.25) is 0 Å². The van der Waals surface area contributed by atoms with Crippen molar-refractivity contribution in [2.45, 2.75) is 20.3 Å². The molecule has 1 saturated heterocycles. The van der Waals surface area contributed by atoms with E-state index in [0.717, 1.165) is 61.2 Å². The van der Waals surface area contributed by atoms with Crippen LogP contribution >= 0.6 is 0 Å². The zero-order chi connectivity index (χ0) is 16.6. The lowest BCUT2D eigenvalue weighted by molar-refractivity contribution is 0.0696. The highest BCUT2D eigenvalue weighted by Crippen LogP contribution is 2.30. The number of rotatable bonds is 4. The number of aromatic carboxylic acids is 1. The van der Waals surface area contributed by atoms with E-state index >= 15 is 0 Å². The van der Waals surface area contributed by atoms with E-state index in [0.29, 0.717) is 5.56 Å². The first kappa shape index (κ1) is 16.0. The van der Waals surface area contributed by atoms with Crippen molar-refractivity contribution in [2.24, 2.45) is 7.05 Å². The van der Waals surface area contributed by atoms with Crippen LogP contribution in [-0.4, -0.2) is 53.3 Å². The standard InChI is InChI=1S/C18H25N3O2/c1-12-10-15(18(22)23)13(2)16-14(11-20(3)17(12)16)4-7-21-8-5-19-6-9-21/h10-11,19H,4-9H2,1-3H3,(H,22,23). The summed E-state index contributed by atoms with van der Waals surface area (Å²) < 4.78 is 2.14. The minimum atomic E-state index is -0.843. The summed E-state index contributed by atoms with van der Waals surface area (Å²) >= 11 is 0. The third-order valence-electron chi connectivity index (χ3n) is 4.91. The summed E-state index contributed by atoms with van der Waals surface area (Å²) in [5.41, 5.74) is 4.74. The maximum absolute atomic E-state index is 11.5. The highest BCUT2D eigenvalue weighted by molar-refractivity contribution is 5.99. The second kappa shape index (κ2) is 6.34. The van der Waals surface area contributed by atoms with E-state index < -0.39 is 5.97 Å². The number of piperazine rings is 1. The van der Waals surface area contributed by atoms with Gasteiger partial charge in [-0.2, -0.15) is 0 Å². The summed E-state index contributed by atoms with van der Waals surface area (Å²) in [7, 11) is 2.05. The molecule has 1 aliphatic rings. The predicted octanol–water partition coefficient (Wildman–Crippen LogP) is 1.94. The zero-order valence-electron chi connectivity index (χ0n) is 14.1. The molecule has 0 atom stereocenters. The van der Waals surface area contributed by atoms with Crippen LogP contribution in [-0.2, 0) is 13.5 Å². The number of nitrogens with one attached hydrogen (secondary N) is 1. The molecule has 0 spiro atoms. The third-order valence-corrected chi connectivity index (χ3v) is 4.91. The Hall–Kier alpha value is -1.85. The molecule has 0 bridgehead atoms. The second-order valence-electron chi connectivity index (χ2n) is 6.50. The predicted molar refractivity (Wildman–Crippen MR) is 92.4 cm³/mol. The van der Waals surface area contributed by atoms with Gasteiger partial charge in [0.25, 0.3) is 0 Å². The van der Waals surface area contributed by atoms with Crippen LogP contribution in [0.4, 0.5) is 0 Å². The monoisotopic (exact) mass is 315 g/mol. The molecule has 3 rings (SSSR count). The van der Waals surface area contributed by atoms with Gasteiger partial charge in [-0.3, -0.25) is 0 Å². The molecule has 0 unspecified atom stereocenters. The van der Waals surface area contributed by atoms with Crippen LogP contribution in [0.25, 0.3) is 10.9 Å². The van der Waals surface area contributed by atoms with Crippen molar-refractivity contribution < 1.29 is 9.90 Å². The Kier molecular flexibility index (Phi) is 4.41. The van der Waals surface area contributed by atoms with Gasteiger partial charge in [0.15, 0.2) is 0 Å². The van der Waals surface area contributed by atoms with Gasteiger partial charge in [-0.1, -0.05) is 0 Å². The molecule has 5 heteroatoms. The van der Waals surface area contributed by atoms with E-state index in [1.54, 1.807) is 6.07 Å². The van der Waals surface area contributed by atoms with E-state index in [4.69, 9.17) is 0 Å². The van der Waals surface area contributed by atoms with Crippen molar-refractivity contribution in [3.63, 3.8) is 0 Å². The molecule has 1 aromatic carbocycles. The van der Waals surface area contributed by atoms with Gasteiger partial charge >= 0.3 is 5.97 Å². The van der Waals surface area contributed by atoms with Crippen LogP contribution in [0, 0.1) is 13.8 Å². The number of fused-ring (bicyclic) bond motifs is 1. The Morgan fingerprint density at radius 3 is 2.65 bits per heavy atom. The number of carbonyl (C=O) groups is 1. The van der Waals surface area contributed by atoms with Crippen LogP contribution in [0.2, 0.25) is 0 Å². The lowest BCUT2D eigenvalue weighted by atomic mass is 9.97. The maximum Gasteiger partial charge on any atom is 0.335 e. The quantitative estimate of drug-likeness (QED) is 0.905. The van der Waals surface area contributed by atoms with Crippen LogP contribution in [0.3, 0.4) is 0 Å². The van der Waals surface area contributed by atoms with Crippen LogP contribution in [0.1, 0.15) is 27.0 Å². The Balaban J connectivity index is 1.98. The first-order valence-electron chi connectivity index (χ1n) is 8.23. The molecule has 124 valence electrons. The molecule has 23 heavy (non-hydrogen) atoms. The minimum absolute atomic E-state index is 0.421. The smallest absolute Gasteiger partial charge is 0.335 e. The molecular formula is C18H25N3O2. The highest BCUT2D eigenvalue weighted by Gasteiger charge is 2.18. The van der Waals surface area contributed by atoms with Gasteiger partial charge < -0.3 is 19.9 Å². The lowest BCUT2D eigenvalue weighted by Crippen LogP contribution is -2.44. The Labute approximate surface area is 136 Å². The van der Waals surface area contributed by atoms with E-state index in [1.165, 1.54) is 5.56 Å². The fourth-order valence-electron chi connectivity index (χ4n) is 3.74. The number of nitrogens with zero attached hydrogens (tertiary/aromatic N) is 2. The molecule has 0 aliphatic carbocycles. The van der Waals surface area contributed by atoms with Crippen molar-refractivity contribution >= 4 is 16.9 Å². The van der Waals surface area contributed by atoms with E-state index in [-0.39, 0.29) is 0 Å². The first-order valence-corrected chi connectivity index (χ1v) is 8.23. The van der Waals surface area contributed by atoms with Crippen LogP contribution in [0.5, 0.6) is 0 Å². The largest absolute Gasteiger partial charge is 0.478 e. The summed E-state index contributed by atoms with van der Waals surface area (Å²) in [6.07, 6.45) is 3.12. The maximum atomic E-state index is 11.5. The van der Waals surface area contributed by atoms with Crippen molar-refractivity contribution in [3.8, 4) is 0 Å². The number of carboxylic acid groups (broad SMARTS) is 1. The van der Waals surface area contributed by atoms with E-state index in [9.17, 15) is 9.90 Å². The van der Waals surface area contributed by atoms with Gasteiger partial charge in [0, 0.05) is 51.4 Å². The average Bonchev–Trinajstić information content (AvgIpc) is 2.87. The number of hydrogen-bond donors (Lipinski definition) is 2. The molecular weight excluding hydrogens is 290 g/mol. The number of hydrogen-bond acceptors (Lipinski definition) is 3. The highest BCUT2D eigenvalue weighted by atomic mass is 16.4. The Bertz CT molecular complexity index is 743. The molecule has 1 aromatic heterocycles. The third kappa shape index (κ3) is 2.99. The summed E-state index contributed by atoms with van der Waals surface area (Å²) in [6.45, 7) is 9.23. The molecule has 0 radical (unpaired) electrons. The SMILES string of the molecule is Cc1c(C(=O)O)cc(C)c2c1c(CCN1CCNCC1)cn2C. The Morgan fingerprint density at radius 2 is 2.00 bits per heavy atom. The molecule has 2 N–H and O–H groups in total. The molecule has 0 saturated carbocycles. The summed E-state index contributed by atoms with van der Waals surface area (Å²) in [4.78, 5) is 14.0. The fraction of sp³-hybridized carbons (Fsp3) is 0.500. The average molecular weight is 315 g/mol. The van der Waals surface area contributed by atoms with Crippen LogP contribution in [0.15, 0.2) is 12.3 Å². The molecule has 5 nitrogen and oxygen atoms in total. The van der Waals surface area contributed by atoms with Gasteiger partial charge in [-0.25, -0.2) is 4.79 Å². The molecule has 2 heterocycles. The summed E-state index contributed by atoms with van der Waals surface area (Å²) in [6, 6.07) is 1.79. The second-order valence-corrected chi connectivity index (χ2v) is 6.50. The molecule has 0 amide bonds. The number of aromatic nitrogens is 1. The van der Waals surface area contributed by atoms with Crippen molar-refractivity contribution in [2.75, 3.05) is 32.7 Å². The van der Waals surface area contributed by atoms with Crippen LogP contribution < -0.4 is 5.32 Å². The number of carboxylic acids is 1. The van der Waals surface area contributed by atoms with E-state index in [2.05, 4.69) is 21.0 Å².